The van der Waals surface area contributed by atoms with Crippen LogP contribution in [0.2, 0.25) is 0 Å². The Morgan fingerprint density at radius 3 is 3.27 bits per heavy atom. The van der Waals surface area contributed by atoms with E-state index in [0.717, 1.165) is 16.5 Å². The lowest BCUT2D eigenvalue weighted by atomic mass is 10.0. The smallest absolute Gasteiger partial charge is 0.296 e. The van der Waals surface area contributed by atoms with Crippen LogP contribution in [0.25, 0.3) is 10.9 Å². The lowest BCUT2D eigenvalue weighted by molar-refractivity contribution is -0.0606. The van der Waals surface area contributed by atoms with Crippen molar-refractivity contribution in [1.29, 1.82) is 0 Å². The number of carbonyl (C=O) groups excluding carboxylic acids is 1. The molecule has 1 aliphatic heterocycles. The van der Waals surface area contributed by atoms with Gasteiger partial charge < -0.3 is 4.98 Å². The first-order chi connectivity index (χ1) is 7.27. The molecule has 0 aromatic carbocycles. The van der Waals surface area contributed by atoms with E-state index in [0.29, 0.717) is 23.7 Å². The number of hydroxylamine groups is 2. The summed E-state index contributed by atoms with van der Waals surface area (Å²) in [6.45, 7) is 0.331. The summed E-state index contributed by atoms with van der Waals surface area (Å²) in [6, 6.07) is 1.93. The number of carbonyl (C=O) groups is 1. The van der Waals surface area contributed by atoms with Crippen molar-refractivity contribution in [3.63, 3.8) is 0 Å². The quantitative estimate of drug-likeness (QED) is 0.626. The number of nitrogens with one attached hydrogen (secondary N) is 1. The van der Waals surface area contributed by atoms with Gasteiger partial charge in [-0.25, -0.2) is 10.0 Å². The van der Waals surface area contributed by atoms with Gasteiger partial charge in [0.2, 0.25) is 0 Å². The van der Waals surface area contributed by atoms with Crippen molar-refractivity contribution in [3.05, 3.63) is 29.7 Å². The molecule has 0 saturated heterocycles. The molecule has 2 aromatic heterocycles. The summed E-state index contributed by atoms with van der Waals surface area (Å²) in [6.07, 6.45) is 4.08. The number of hydrogen-bond acceptors (Lipinski definition) is 3. The number of aromatic nitrogens is 2. The average molecular weight is 203 g/mol. The number of fused-ring (bicyclic) bond motifs is 3. The van der Waals surface area contributed by atoms with Crippen molar-refractivity contribution < 1.29 is 10.0 Å². The highest BCUT2D eigenvalue weighted by molar-refractivity contribution is 5.99. The zero-order valence-corrected chi connectivity index (χ0v) is 7.90. The largest absolute Gasteiger partial charge is 0.360 e. The monoisotopic (exact) mass is 203 g/mol. The molecule has 0 atom stereocenters. The zero-order valence-electron chi connectivity index (χ0n) is 7.90. The minimum absolute atomic E-state index is 0.331. The Morgan fingerprint density at radius 2 is 2.40 bits per heavy atom. The summed E-state index contributed by atoms with van der Waals surface area (Å²) in [4.78, 5) is 18.7. The first-order valence-corrected chi connectivity index (χ1v) is 4.73. The van der Waals surface area contributed by atoms with Crippen LogP contribution >= 0.6 is 0 Å². The second-order valence-corrected chi connectivity index (χ2v) is 3.57. The molecule has 1 aliphatic rings. The van der Waals surface area contributed by atoms with Crippen molar-refractivity contribution in [2.45, 2.75) is 6.42 Å². The Labute approximate surface area is 85.3 Å². The van der Waals surface area contributed by atoms with Gasteiger partial charge in [0.05, 0.1) is 18.3 Å². The van der Waals surface area contributed by atoms with Crippen LogP contribution in [0.5, 0.6) is 0 Å². The number of amides is 1. The van der Waals surface area contributed by atoms with E-state index in [-0.39, 0.29) is 0 Å². The van der Waals surface area contributed by atoms with Gasteiger partial charge in [0, 0.05) is 11.6 Å². The van der Waals surface area contributed by atoms with Crippen molar-refractivity contribution in [2.24, 2.45) is 0 Å². The van der Waals surface area contributed by atoms with Crippen molar-refractivity contribution in [1.82, 2.24) is 15.0 Å². The van der Waals surface area contributed by atoms with Crippen LogP contribution in [0.4, 0.5) is 0 Å². The minimum Gasteiger partial charge on any atom is -0.360 e. The van der Waals surface area contributed by atoms with E-state index in [1.165, 1.54) is 0 Å². The topological polar surface area (TPSA) is 69.2 Å². The molecule has 0 radical (unpaired) electrons. The molecule has 0 aliphatic carbocycles. The van der Waals surface area contributed by atoms with E-state index >= 15 is 0 Å². The van der Waals surface area contributed by atoms with Crippen molar-refractivity contribution in [3.8, 4) is 0 Å². The molecule has 0 fully saturated rings. The summed E-state index contributed by atoms with van der Waals surface area (Å²) in [7, 11) is 0. The Kier molecular flexibility index (Phi) is 1.58. The fourth-order valence-electron chi connectivity index (χ4n) is 1.97. The predicted molar refractivity (Wildman–Crippen MR) is 52.6 cm³/mol. The molecule has 0 saturated carbocycles. The van der Waals surface area contributed by atoms with Crippen LogP contribution in [-0.4, -0.2) is 32.7 Å². The van der Waals surface area contributed by atoms with Crippen LogP contribution < -0.4 is 0 Å². The third-order valence-corrected chi connectivity index (χ3v) is 2.72. The molecule has 1 amide bonds. The van der Waals surface area contributed by atoms with Crippen LogP contribution in [0.3, 0.4) is 0 Å². The number of nitrogens with zero attached hydrogens (tertiary/aromatic N) is 2. The molecule has 2 N–H and O–H groups in total. The van der Waals surface area contributed by atoms with Crippen molar-refractivity contribution in [2.75, 3.05) is 6.54 Å². The van der Waals surface area contributed by atoms with Crippen molar-refractivity contribution >= 4 is 16.8 Å². The van der Waals surface area contributed by atoms with E-state index in [4.69, 9.17) is 0 Å². The molecule has 76 valence electrons. The lowest BCUT2D eigenvalue weighted by Gasteiger charge is -2.22. The number of hydrogen-bond donors (Lipinski definition) is 2. The Morgan fingerprint density at radius 1 is 1.53 bits per heavy atom. The Balaban J connectivity index is 2.31. The number of H-pyrrole nitrogens is 1. The lowest BCUT2D eigenvalue weighted by Crippen LogP contribution is -2.35. The van der Waals surface area contributed by atoms with E-state index in [1.807, 2.05) is 12.3 Å². The molecule has 3 heterocycles. The van der Waals surface area contributed by atoms with Gasteiger partial charge in [0.15, 0.2) is 0 Å². The normalized spacial score (nSPS) is 15.8. The predicted octanol–water partition coefficient (Wildman–Crippen LogP) is 0.950. The zero-order chi connectivity index (χ0) is 10.4. The molecular formula is C10H9N3O2. The van der Waals surface area contributed by atoms with Gasteiger partial charge in [-0.05, 0) is 18.1 Å². The fourth-order valence-corrected chi connectivity index (χ4v) is 1.97. The number of pyridine rings is 1. The van der Waals surface area contributed by atoms with Gasteiger partial charge in [0.1, 0.15) is 5.69 Å². The molecule has 15 heavy (non-hydrogen) atoms. The molecule has 0 spiro atoms. The first-order valence-electron chi connectivity index (χ1n) is 4.73. The van der Waals surface area contributed by atoms with Crippen LogP contribution in [0.15, 0.2) is 18.5 Å². The van der Waals surface area contributed by atoms with E-state index < -0.39 is 5.91 Å². The second-order valence-electron chi connectivity index (χ2n) is 3.57. The summed E-state index contributed by atoms with van der Waals surface area (Å²) in [5.74, 6) is -0.417. The van der Waals surface area contributed by atoms with Gasteiger partial charge in [-0.2, -0.15) is 0 Å². The van der Waals surface area contributed by atoms with E-state index in [2.05, 4.69) is 9.97 Å². The Hall–Kier alpha value is -1.88. The number of rotatable bonds is 0. The maximum Gasteiger partial charge on any atom is 0.296 e. The highest BCUT2D eigenvalue weighted by Gasteiger charge is 2.26. The van der Waals surface area contributed by atoms with Crippen LogP contribution in [-0.2, 0) is 6.42 Å². The fraction of sp³-hybridized carbons (Fsp3) is 0.200. The minimum atomic E-state index is -0.417. The summed E-state index contributed by atoms with van der Waals surface area (Å²) in [5.41, 5.74) is 2.20. The molecule has 0 unspecified atom stereocenters. The van der Waals surface area contributed by atoms with Gasteiger partial charge in [-0.1, -0.05) is 0 Å². The summed E-state index contributed by atoms with van der Waals surface area (Å²) >= 11 is 0. The molecule has 0 bridgehead atoms. The SMILES string of the molecule is O=C1c2ncc3[nH]ccc3c2CCN1O. The van der Waals surface area contributed by atoms with Gasteiger partial charge in [-0.15, -0.1) is 0 Å². The highest BCUT2D eigenvalue weighted by atomic mass is 16.5. The number of aromatic amines is 1. The van der Waals surface area contributed by atoms with Gasteiger partial charge >= 0.3 is 0 Å². The highest BCUT2D eigenvalue weighted by Crippen LogP contribution is 2.24. The van der Waals surface area contributed by atoms with Gasteiger partial charge in [-0.3, -0.25) is 10.0 Å². The third-order valence-electron chi connectivity index (χ3n) is 2.72. The molecule has 5 nitrogen and oxygen atoms in total. The first kappa shape index (κ1) is 8.43. The molecule has 5 heteroatoms. The summed E-state index contributed by atoms with van der Waals surface area (Å²) in [5, 5.41) is 11.0. The van der Waals surface area contributed by atoms with E-state index in [9.17, 15) is 10.0 Å². The van der Waals surface area contributed by atoms with E-state index in [1.54, 1.807) is 6.20 Å². The summed E-state index contributed by atoms with van der Waals surface area (Å²) < 4.78 is 0. The van der Waals surface area contributed by atoms with Gasteiger partial charge in [0.25, 0.3) is 5.91 Å². The standard InChI is InChI=1S/C10H9N3O2/c14-10-9-7(2-4-13(10)15)6-1-3-11-8(6)5-12-9/h1,3,5,11,15H,2,4H2. The maximum atomic E-state index is 11.6. The van der Waals surface area contributed by atoms with Crippen LogP contribution in [0.1, 0.15) is 16.1 Å². The molecular weight excluding hydrogens is 194 g/mol. The maximum absolute atomic E-state index is 11.6. The molecule has 3 rings (SSSR count). The second kappa shape index (κ2) is 2.80. The Bertz CT molecular complexity index is 547. The average Bonchev–Trinajstić information content (AvgIpc) is 2.71. The third kappa shape index (κ3) is 1.07. The molecule has 2 aromatic rings. The van der Waals surface area contributed by atoms with Crippen LogP contribution in [0, 0.1) is 0 Å².